The number of piperidine rings is 1. The molecule has 1 atom stereocenters. The summed E-state index contributed by atoms with van der Waals surface area (Å²) in [5, 5.41) is 8.24. The van der Waals surface area contributed by atoms with Crippen molar-refractivity contribution in [2.45, 2.75) is 59.0 Å². The van der Waals surface area contributed by atoms with Gasteiger partial charge in [-0.1, -0.05) is 6.92 Å². The molecule has 0 saturated carbocycles. The van der Waals surface area contributed by atoms with E-state index in [1.54, 1.807) is 0 Å². The Morgan fingerprint density at radius 2 is 2.09 bits per heavy atom. The molecule has 0 spiro atoms. The Kier molecular flexibility index (Phi) is 6.88. The summed E-state index contributed by atoms with van der Waals surface area (Å²) < 4.78 is 0. The molecule has 124 valence electrons. The van der Waals surface area contributed by atoms with Crippen molar-refractivity contribution in [2.75, 3.05) is 6.54 Å². The third-order valence-corrected chi connectivity index (χ3v) is 3.17. The number of carbonyl (C=O) groups excluding carboxylic acids is 3. The lowest BCUT2D eigenvalue weighted by atomic mass is 10.0. The van der Waals surface area contributed by atoms with Crippen LogP contribution in [0.4, 0.5) is 4.79 Å². The quantitative estimate of drug-likeness (QED) is 0.640. The van der Waals surface area contributed by atoms with Crippen LogP contribution in [0, 0.1) is 0 Å². The van der Waals surface area contributed by atoms with Crippen molar-refractivity contribution in [3.8, 4) is 0 Å². The molecule has 1 aliphatic heterocycles. The number of imide groups is 1. The van der Waals surface area contributed by atoms with Crippen LogP contribution in [0.3, 0.4) is 0 Å². The highest BCUT2D eigenvalue weighted by Crippen LogP contribution is 2.17. The second-order valence-corrected chi connectivity index (χ2v) is 5.47. The average molecular weight is 310 g/mol. The van der Waals surface area contributed by atoms with Crippen LogP contribution in [0.5, 0.6) is 0 Å². The van der Waals surface area contributed by atoms with Crippen LogP contribution in [0.1, 0.15) is 47.0 Å². The highest BCUT2D eigenvalue weighted by atomic mass is 16.2. The number of allylic oxidation sites excluding steroid dienone is 1. The van der Waals surface area contributed by atoms with Crippen LogP contribution in [0.25, 0.3) is 0 Å². The molecule has 3 N–H and O–H groups in total. The topological polar surface area (TPSA) is 90.5 Å². The Morgan fingerprint density at radius 1 is 1.41 bits per heavy atom. The van der Waals surface area contributed by atoms with E-state index >= 15 is 0 Å². The normalized spacial score (nSPS) is 19.0. The summed E-state index contributed by atoms with van der Waals surface area (Å²) in [4.78, 5) is 37.4. The highest BCUT2D eigenvalue weighted by Gasteiger charge is 2.36. The van der Waals surface area contributed by atoms with Crippen molar-refractivity contribution in [3.63, 3.8) is 0 Å². The van der Waals surface area contributed by atoms with Gasteiger partial charge in [-0.2, -0.15) is 0 Å². The van der Waals surface area contributed by atoms with E-state index in [2.05, 4.69) is 16.0 Å². The largest absolute Gasteiger partial charge is 0.372 e. The molecule has 0 aromatic carbocycles. The zero-order valence-electron chi connectivity index (χ0n) is 13.7. The number of hydrogen-bond acceptors (Lipinski definition) is 4. The fraction of sp³-hybridized carbons (Fsp3) is 0.667. The molecule has 1 heterocycles. The second-order valence-electron chi connectivity index (χ2n) is 5.47. The summed E-state index contributed by atoms with van der Waals surface area (Å²) in [6.07, 6.45) is 3.14. The third-order valence-electron chi connectivity index (χ3n) is 3.17. The van der Waals surface area contributed by atoms with Crippen molar-refractivity contribution in [2.24, 2.45) is 0 Å². The monoisotopic (exact) mass is 310 g/mol. The van der Waals surface area contributed by atoms with Crippen LogP contribution in [0.2, 0.25) is 0 Å². The summed E-state index contributed by atoms with van der Waals surface area (Å²) in [5.74, 6) is -0.136. The van der Waals surface area contributed by atoms with E-state index in [0.717, 1.165) is 6.42 Å². The molecule has 0 aromatic heterocycles. The number of rotatable bonds is 6. The zero-order valence-corrected chi connectivity index (χ0v) is 13.7. The van der Waals surface area contributed by atoms with E-state index in [1.165, 1.54) is 4.90 Å². The minimum atomic E-state index is -0.687. The lowest BCUT2D eigenvalue weighted by Gasteiger charge is -2.35. The van der Waals surface area contributed by atoms with Crippen molar-refractivity contribution in [3.05, 3.63) is 11.9 Å². The molecular weight excluding hydrogens is 284 g/mol. The fourth-order valence-corrected chi connectivity index (χ4v) is 2.29. The predicted octanol–water partition coefficient (Wildman–Crippen LogP) is 1.07. The molecule has 1 aliphatic rings. The summed E-state index contributed by atoms with van der Waals surface area (Å²) in [6.45, 7) is 8.23. The molecule has 1 fully saturated rings. The molecule has 7 nitrogen and oxygen atoms in total. The Morgan fingerprint density at radius 3 is 2.59 bits per heavy atom. The number of hydrogen-bond donors (Lipinski definition) is 3. The van der Waals surface area contributed by atoms with Gasteiger partial charge in [0.2, 0.25) is 11.8 Å². The van der Waals surface area contributed by atoms with E-state index in [0.29, 0.717) is 18.8 Å². The molecule has 0 aliphatic carbocycles. The van der Waals surface area contributed by atoms with Gasteiger partial charge in [-0.15, -0.1) is 0 Å². The Balaban J connectivity index is 3.09. The molecule has 1 unspecified atom stereocenters. The molecule has 22 heavy (non-hydrogen) atoms. The number of carbonyl (C=O) groups is 3. The standard InChI is InChI=1S/C15H26N4O3/c1-5-7-12(16-6-2)19(15(22)17-10(3)4)11-8-9-13(20)18-14(11)21/h7,10-11,16H,5-6,8-9H2,1-4H3,(H,17,22)(H,18,20,21)/b12-7-. The fourth-order valence-electron chi connectivity index (χ4n) is 2.29. The molecular formula is C15H26N4O3. The van der Waals surface area contributed by atoms with Gasteiger partial charge >= 0.3 is 6.03 Å². The summed E-state index contributed by atoms with van der Waals surface area (Å²) in [6, 6.07) is -1.08. The van der Waals surface area contributed by atoms with Crippen molar-refractivity contribution >= 4 is 17.8 Å². The van der Waals surface area contributed by atoms with Crippen LogP contribution in [-0.2, 0) is 9.59 Å². The van der Waals surface area contributed by atoms with E-state index < -0.39 is 11.9 Å². The number of amides is 4. The van der Waals surface area contributed by atoms with Crippen LogP contribution < -0.4 is 16.0 Å². The van der Waals surface area contributed by atoms with Crippen molar-refractivity contribution in [1.82, 2.24) is 20.9 Å². The average Bonchev–Trinajstić information content (AvgIpc) is 2.41. The van der Waals surface area contributed by atoms with Gasteiger partial charge in [-0.3, -0.25) is 19.8 Å². The van der Waals surface area contributed by atoms with E-state index in [-0.39, 0.29) is 24.4 Å². The van der Waals surface area contributed by atoms with Gasteiger partial charge < -0.3 is 10.6 Å². The zero-order chi connectivity index (χ0) is 16.7. The lowest BCUT2D eigenvalue weighted by molar-refractivity contribution is -0.136. The van der Waals surface area contributed by atoms with E-state index in [9.17, 15) is 14.4 Å². The summed E-state index contributed by atoms with van der Waals surface area (Å²) >= 11 is 0. The van der Waals surface area contributed by atoms with Crippen molar-refractivity contribution < 1.29 is 14.4 Å². The Hall–Kier alpha value is -2.05. The SMILES string of the molecule is CC/C=C(/NCC)N(C(=O)NC(C)C)C1CCC(=O)NC1=O. The highest BCUT2D eigenvalue weighted by molar-refractivity contribution is 6.01. The minimum Gasteiger partial charge on any atom is -0.372 e. The third kappa shape index (κ3) is 4.75. The van der Waals surface area contributed by atoms with E-state index in [1.807, 2.05) is 33.8 Å². The first-order valence-corrected chi connectivity index (χ1v) is 7.78. The maximum absolute atomic E-state index is 12.5. The van der Waals surface area contributed by atoms with Gasteiger partial charge in [-0.05, 0) is 39.7 Å². The van der Waals surface area contributed by atoms with Gasteiger partial charge in [0.25, 0.3) is 0 Å². The number of urea groups is 1. The summed E-state index contributed by atoms with van der Waals surface area (Å²) in [5.41, 5.74) is 0. The predicted molar refractivity (Wildman–Crippen MR) is 83.7 cm³/mol. The van der Waals surface area contributed by atoms with Crippen LogP contribution in [-0.4, -0.2) is 41.4 Å². The maximum atomic E-state index is 12.5. The Labute approximate surface area is 131 Å². The Bertz CT molecular complexity index is 460. The molecule has 0 radical (unpaired) electrons. The first-order chi connectivity index (χ1) is 10.4. The summed E-state index contributed by atoms with van der Waals surface area (Å²) in [7, 11) is 0. The van der Waals surface area contributed by atoms with Gasteiger partial charge in [-0.25, -0.2) is 4.79 Å². The van der Waals surface area contributed by atoms with E-state index in [4.69, 9.17) is 0 Å². The first kappa shape index (κ1) is 18.0. The molecule has 0 aromatic rings. The number of nitrogens with one attached hydrogen (secondary N) is 3. The molecule has 4 amide bonds. The van der Waals surface area contributed by atoms with Gasteiger partial charge in [0.05, 0.1) is 0 Å². The maximum Gasteiger partial charge on any atom is 0.323 e. The number of nitrogens with zero attached hydrogens (tertiary/aromatic N) is 1. The molecule has 7 heteroatoms. The van der Waals surface area contributed by atoms with Crippen LogP contribution >= 0.6 is 0 Å². The molecule has 1 rings (SSSR count). The smallest absolute Gasteiger partial charge is 0.323 e. The molecule has 0 bridgehead atoms. The van der Waals surface area contributed by atoms with Gasteiger partial charge in [0, 0.05) is 19.0 Å². The van der Waals surface area contributed by atoms with Gasteiger partial charge in [0.15, 0.2) is 0 Å². The second kappa shape index (κ2) is 8.41. The lowest BCUT2D eigenvalue weighted by Crippen LogP contribution is -2.58. The molecule has 1 saturated heterocycles. The van der Waals surface area contributed by atoms with Crippen molar-refractivity contribution in [1.29, 1.82) is 0 Å². The van der Waals surface area contributed by atoms with Gasteiger partial charge in [0.1, 0.15) is 11.9 Å². The van der Waals surface area contributed by atoms with Crippen LogP contribution in [0.15, 0.2) is 11.9 Å². The minimum absolute atomic E-state index is 0.0483. The first-order valence-electron chi connectivity index (χ1n) is 7.78.